The lowest BCUT2D eigenvalue weighted by atomic mass is 9.74. The van der Waals surface area contributed by atoms with Gasteiger partial charge in [0.2, 0.25) is 11.8 Å². The van der Waals surface area contributed by atoms with Gasteiger partial charge in [0.05, 0.1) is 30.8 Å². The Morgan fingerprint density at radius 3 is 2.59 bits per heavy atom. The summed E-state index contributed by atoms with van der Waals surface area (Å²) < 4.78 is 12.5. The van der Waals surface area contributed by atoms with Crippen LogP contribution in [0.15, 0.2) is 54.6 Å². The van der Waals surface area contributed by atoms with Crippen LogP contribution in [0.25, 0.3) is 0 Å². The number of nitrogens with zero attached hydrogens (tertiary/aromatic N) is 2. The van der Waals surface area contributed by atoms with Crippen molar-refractivity contribution in [2.24, 2.45) is 11.8 Å². The van der Waals surface area contributed by atoms with Gasteiger partial charge in [0, 0.05) is 13.1 Å². The third-order valence-corrected chi connectivity index (χ3v) is 8.72. The molecule has 1 N–H and O–H groups in total. The molecule has 2 saturated heterocycles. The number of allylic oxidation sites excluding steroid dienone is 1. The fourth-order valence-corrected chi connectivity index (χ4v) is 6.90. The van der Waals surface area contributed by atoms with Crippen molar-refractivity contribution < 1.29 is 29.0 Å². The number of hydrogen-bond acceptors (Lipinski definition) is 6. The average molecular weight is 537 g/mol. The molecule has 210 valence electrons. The predicted molar refractivity (Wildman–Crippen MR) is 145 cm³/mol. The first-order valence-corrected chi connectivity index (χ1v) is 14.3. The summed E-state index contributed by atoms with van der Waals surface area (Å²) in [6, 6.07) is 7.98. The summed E-state index contributed by atoms with van der Waals surface area (Å²) in [5, 5.41) is 10.6. The lowest BCUT2D eigenvalue weighted by Crippen LogP contribution is -2.59. The first kappa shape index (κ1) is 27.6. The highest BCUT2D eigenvalue weighted by atomic mass is 16.6. The molecule has 0 aromatic heterocycles. The lowest BCUT2D eigenvalue weighted by molar-refractivity contribution is -0.161. The van der Waals surface area contributed by atoms with Gasteiger partial charge >= 0.3 is 5.97 Å². The quantitative estimate of drug-likeness (QED) is 0.312. The van der Waals surface area contributed by atoms with Gasteiger partial charge in [0.1, 0.15) is 17.6 Å². The molecule has 8 heteroatoms. The molecule has 6 atom stereocenters. The number of amides is 2. The molecule has 4 aliphatic rings. The normalized spacial score (nSPS) is 33.8. The van der Waals surface area contributed by atoms with E-state index in [9.17, 15) is 19.5 Å². The summed E-state index contributed by atoms with van der Waals surface area (Å²) in [6.07, 6.45) is 12.3. The molecule has 4 heterocycles. The molecule has 5 rings (SSSR count). The standard InChI is InChI=1S/C31H40N2O6/c1-3-4-10-17-32-18-12-16-31-24(25-29(37)38-19-11-6-9-15-30(25,2)39-31)27(35)33(26(31)28(32)36)23(21-34)20-22-13-7-5-8-14-22/h5,7-9,12-16,23-26,34H,3-4,6,10-11,17-21H2,1-2H3/b15-9-/t23-,24+,25-,26?,30+,31+/m1/s1. The molecule has 4 aliphatic heterocycles. The van der Waals surface area contributed by atoms with E-state index >= 15 is 0 Å². The van der Waals surface area contributed by atoms with E-state index in [1.165, 1.54) is 4.90 Å². The molecular formula is C31H40N2O6. The number of rotatable bonds is 8. The molecule has 1 spiro atoms. The van der Waals surface area contributed by atoms with Crippen LogP contribution >= 0.6 is 0 Å². The maximum absolute atomic E-state index is 14.5. The van der Waals surface area contributed by atoms with E-state index in [-0.39, 0.29) is 25.0 Å². The van der Waals surface area contributed by atoms with E-state index in [0.29, 0.717) is 25.9 Å². The predicted octanol–water partition coefficient (Wildman–Crippen LogP) is 3.04. The van der Waals surface area contributed by atoms with E-state index in [0.717, 1.165) is 31.2 Å². The summed E-state index contributed by atoms with van der Waals surface area (Å²) in [4.78, 5) is 45.7. The maximum Gasteiger partial charge on any atom is 0.313 e. The van der Waals surface area contributed by atoms with Gasteiger partial charge in [-0.2, -0.15) is 0 Å². The molecule has 8 nitrogen and oxygen atoms in total. The van der Waals surface area contributed by atoms with Crippen LogP contribution < -0.4 is 0 Å². The Labute approximate surface area is 230 Å². The number of carbonyl (C=O) groups is 3. The number of fused-ring (bicyclic) bond motifs is 2. The Bertz CT molecular complexity index is 1140. The highest BCUT2D eigenvalue weighted by Gasteiger charge is 2.75. The van der Waals surface area contributed by atoms with Gasteiger partial charge in [-0.05, 0) is 38.2 Å². The first-order chi connectivity index (χ1) is 18.9. The number of benzene rings is 1. The summed E-state index contributed by atoms with van der Waals surface area (Å²) in [5.41, 5.74) is -1.51. The average Bonchev–Trinajstić information content (AvgIpc) is 3.29. The number of unbranched alkanes of at least 4 members (excludes halogenated alkanes) is 2. The summed E-state index contributed by atoms with van der Waals surface area (Å²) in [7, 11) is 0. The number of ether oxygens (including phenoxy) is 2. The highest BCUT2D eigenvalue weighted by molar-refractivity contribution is 5.99. The summed E-state index contributed by atoms with van der Waals surface area (Å²) >= 11 is 0. The van der Waals surface area contributed by atoms with Crippen LogP contribution in [0.4, 0.5) is 0 Å². The van der Waals surface area contributed by atoms with Crippen molar-refractivity contribution in [1.82, 2.24) is 9.80 Å². The highest BCUT2D eigenvalue weighted by Crippen LogP contribution is 2.57. The Morgan fingerprint density at radius 2 is 1.85 bits per heavy atom. The number of esters is 1. The number of cyclic esters (lactones) is 1. The van der Waals surface area contributed by atoms with Crippen LogP contribution in [0, 0.1) is 11.8 Å². The van der Waals surface area contributed by atoms with E-state index < -0.39 is 41.1 Å². The first-order valence-electron chi connectivity index (χ1n) is 14.3. The van der Waals surface area contributed by atoms with Gasteiger partial charge in [0.25, 0.3) is 0 Å². The van der Waals surface area contributed by atoms with Gasteiger partial charge < -0.3 is 24.4 Å². The van der Waals surface area contributed by atoms with Crippen molar-refractivity contribution in [1.29, 1.82) is 0 Å². The van der Waals surface area contributed by atoms with Gasteiger partial charge in [-0.15, -0.1) is 0 Å². The second kappa shape index (κ2) is 11.3. The molecule has 0 aliphatic carbocycles. The minimum atomic E-state index is -1.35. The van der Waals surface area contributed by atoms with Crippen molar-refractivity contribution in [3.8, 4) is 0 Å². The van der Waals surface area contributed by atoms with Crippen molar-refractivity contribution in [3.63, 3.8) is 0 Å². The number of aliphatic hydroxyl groups is 1. The Morgan fingerprint density at radius 1 is 1.05 bits per heavy atom. The third kappa shape index (κ3) is 4.82. The molecular weight excluding hydrogens is 496 g/mol. The number of hydrogen-bond donors (Lipinski definition) is 1. The second-order valence-electron chi connectivity index (χ2n) is 11.4. The molecule has 0 radical (unpaired) electrons. The minimum Gasteiger partial charge on any atom is -0.465 e. The zero-order valence-corrected chi connectivity index (χ0v) is 23.0. The van der Waals surface area contributed by atoms with Gasteiger partial charge in [-0.1, -0.05) is 74.4 Å². The van der Waals surface area contributed by atoms with Crippen LogP contribution in [-0.4, -0.2) is 82.3 Å². The fourth-order valence-electron chi connectivity index (χ4n) is 6.90. The zero-order valence-electron chi connectivity index (χ0n) is 23.0. The van der Waals surface area contributed by atoms with Crippen molar-refractivity contribution in [3.05, 3.63) is 60.2 Å². The van der Waals surface area contributed by atoms with E-state index in [1.807, 2.05) is 61.6 Å². The maximum atomic E-state index is 14.5. The number of likely N-dealkylation sites (tertiary alicyclic amines) is 1. The molecule has 0 bridgehead atoms. The van der Waals surface area contributed by atoms with Crippen molar-refractivity contribution in [2.75, 3.05) is 26.3 Å². The molecule has 39 heavy (non-hydrogen) atoms. The van der Waals surface area contributed by atoms with Crippen molar-refractivity contribution >= 4 is 17.8 Å². The van der Waals surface area contributed by atoms with Gasteiger partial charge in [-0.3, -0.25) is 14.4 Å². The van der Waals surface area contributed by atoms with E-state index in [4.69, 9.17) is 9.47 Å². The van der Waals surface area contributed by atoms with Gasteiger partial charge in [-0.25, -0.2) is 0 Å². The molecule has 1 unspecified atom stereocenters. The van der Waals surface area contributed by atoms with E-state index in [1.54, 1.807) is 4.90 Å². The SMILES string of the molecule is CCCCCN1CC=C[C@]23O[C@@]4(C)/C=C\CCCOC(=O)[C@H]4[C@H]2C(=O)N([C@@H](CO)Cc2ccccc2)C3C1=O. The lowest BCUT2D eigenvalue weighted by Gasteiger charge is -2.40. The fraction of sp³-hybridized carbons (Fsp3) is 0.581. The largest absolute Gasteiger partial charge is 0.465 e. The topological polar surface area (TPSA) is 96.4 Å². The Hall–Kier alpha value is -2.97. The number of aliphatic hydroxyl groups excluding tert-OH is 1. The molecule has 1 aromatic rings. The van der Waals surface area contributed by atoms with Crippen LogP contribution in [0.5, 0.6) is 0 Å². The van der Waals surface area contributed by atoms with Crippen LogP contribution in [0.2, 0.25) is 0 Å². The molecule has 1 aromatic carbocycles. The van der Waals surface area contributed by atoms with Crippen LogP contribution in [-0.2, 0) is 30.3 Å². The van der Waals surface area contributed by atoms with Crippen LogP contribution in [0.3, 0.4) is 0 Å². The molecule has 0 saturated carbocycles. The smallest absolute Gasteiger partial charge is 0.313 e. The zero-order chi connectivity index (χ0) is 27.6. The van der Waals surface area contributed by atoms with Crippen molar-refractivity contribution in [2.45, 2.75) is 75.7 Å². The minimum absolute atomic E-state index is 0.203. The molecule has 2 fully saturated rings. The Kier molecular flexibility index (Phi) is 7.96. The third-order valence-electron chi connectivity index (χ3n) is 8.72. The van der Waals surface area contributed by atoms with E-state index in [2.05, 4.69) is 6.92 Å². The van der Waals surface area contributed by atoms with Gasteiger partial charge in [0.15, 0.2) is 0 Å². The second-order valence-corrected chi connectivity index (χ2v) is 11.4. The Balaban J connectivity index is 1.61. The molecule has 2 amide bonds. The summed E-state index contributed by atoms with van der Waals surface area (Å²) in [5.74, 6) is -2.88. The number of carbonyl (C=O) groups excluding carboxylic acids is 3. The monoisotopic (exact) mass is 536 g/mol. The van der Waals surface area contributed by atoms with Crippen LogP contribution in [0.1, 0.15) is 51.5 Å². The summed E-state index contributed by atoms with van der Waals surface area (Å²) in [6.45, 7) is 4.86.